The summed E-state index contributed by atoms with van der Waals surface area (Å²) in [6, 6.07) is 3.67. The van der Waals surface area contributed by atoms with E-state index < -0.39 is 12.0 Å². The Morgan fingerprint density at radius 3 is 2.86 bits per heavy atom. The van der Waals surface area contributed by atoms with Crippen LogP contribution in [0.2, 0.25) is 0 Å². The van der Waals surface area contributed by atoms with E-state index in [9.17, 15) is 4.79 Å². The van der Waals surface area contributed by atoms with Crippen molar-refractivity contribution in [1.29, 1.82) is 0 Å². The number of aliphatic carboxylic acids is 1. The van der Waals surface area contributed by atoms with Gasteiger partial charge in [-0.05, 0) is 25.0 Å². The molecule has 0 amide bonds. The van der Waals surface area contributed by atoms with Crippen LogP contribution >= 0.6 is 0 Å². The van der Waals surface area contributed by atoms with Gasteiger partial charge in [0.1, 0.15) is 6.04 Å². The molecule has 0 radical (unpaired) electrons. The molecular formula is C11H13NO2. The second-order valence-corrected chi connectivity index (χ2v) is 3.86. The Labute approximate surface area is 82.8 Å². The molecule has 0 spiro atoms. The fraction of sp³-hybridized carbons (Fsp3) is 0.364. The SMILES string of the molecule is Cc1cc(C)c2c(c1)C[C@H](C(=O)O)N2. The summed E-state index contributed by atoms with van der Waals surface area (Å²) in [6.45, 7) is 4.03. The van der Waals surface area contributed by atoms with Crippen LogP contribution in [0.5, 0.6) is 0 Å². The van der Waals surface area contributed by atoms with E-state index in [1.54, 1.807) is 0 Å². The first-order valence-corrected chi connectivity index (χ1v) is 4.67. The molecule has 0 aliphatic carbocycles. The molecule has 0 saturated heterocycles. The summed E-state index contributed by atoms with van der Waals surface area (Å²) in [5.41, 5.74) is 4.44. The molecule has 0 fully saturated rings. The van der Waals surface area contributed by atoms with Gasteiger partial charge in [-0.2, -0.15) is 0 Å². The summed E-state index contributed by atoms with van der Waals surface area (Å²) in [5, 5.41) is 11.9. The number of benzene rings is 1. The zero-order chi connectivity index (χ0) is 10.3. The van der Waals surface area contributed by atoms with Crippen molar-refractivity contribution in [1.82, 2.24) is 0 Å². The standard InChI is InChI=1S/C11H13NO2/c1-6-3-7(2)10-8(4-6)5-9(12-10)11(13)14/h3-4,9,12H,5H2,1-2H3,(H,13,14)/t9-/m1/s1. The molecule has 1 heterocycles. The summed E-state index contributed by atoms with van der Waals surface area (Å²) in [7, 11) is 0. The molecule has 0 saturated carbocycles. The van der Waals surface area contributed by atoms with E-state index in [0.717, 1.165) is 16.8 Å². The number of hydrogen-bond acceptors (Lipinski definition) is 2. The Morgan fingerprint density at radius 1 is 1.50 bits per heavy atom. The third-order valence-corrected chi connectivity index (χ3v) is 2.60. The molecule has 3 heteroatoms. The first-order valence-electron chi connectivity index (χ1n) is 4.67. The van der Waals surface area contributed by atoms with Crippen LogP contribution in [0.25, 0.3) is 0 Å². The highest BCUT2D eigenvalue weighted by atomic mass is 16.4. The topological polar surface area (TPSA) is 49.3 Å². The van der Waals surface area contributed by atoms with Crippen LogP contribution in [0.3, 0.4) is 0 Å². The van der Waals surface area contributed by atoms with E-state index in [0.29, 0.717) is 6.42 Å². The maximum Gasteiger partial charge on any atom is 0.326 e. The molecule has 0 aromatic heterocycles. The lowest BCUT2D eigenvalue weighted by molar-refractivity contribution is -0.137. The number of anilines is 1. The van der Waals surface area contributed by atoms with Gasteiger partial charge in [0.05, 0.1) is 0 Å². The first kappa shape index (κ1) is 9.06. The number of hydrogen-bond donors (Lipinski definition) is 2. The first-order chi connectivity index (χ1) is 6.58. The van der Waals surface area contributed by atoms with Crippen molar-refractivity contribution in [3.8, 4) is 0 Å². The molecule has 3 nitrogen and oxygen atoms in total. The zero-order valence-corrected chi connectivity index (χ0v) is 8.29. The number of carboxylic acids is 1. The number of nitrogens with one attached hydrogen (secondary N) is 1. The van der Waals surface area contributed by atoms with Crippen LogP contribution < -0.4 is 5.32 Å². The molecular weight excluding hydrogens is 178 g/mol. The predicted molar refractivity (Wildman–Crippen MR) is 54.7 cm³/mol. The van der Waals surface area contributed by atoms with Crippen molar-refractivity contribution in [3.05, 3.63) is 28.8 Å². The number of carboxylic acid groups (broad SMARTS) is 1. The summed E-state index contributed by atoms with van der Waals surface area (Å²) in [5.74, 6) is -0.779. The molecule has 74 valence electrons. The van der Waals surface area contributed by atoms with Crippen LogP contribution in [0.15, 0.2) is 12.1 Å². The lowest BCUT2D eigenvalue weighted by Gasteiger charge is -2.07. The van der Waals surface area contributed by atoms with Crippen molar-refractivity contribution in [3.63, 3.8) is 0 Å². The Morgan fingerprint density at radius 2 is 2.21 bits per heavy atom. The summed E-state index contributed by atoms with van der Waals surface area (Å²) >= 11 is 0. The van der Waals surface area contributed by atoms with Gasteiger partial charge in [-0.15, -0.1) is 0 Å². The van der Waals surface area contributed by atoms with Crippen molar-refractivity contribution >= 4 is 11.7 Å². The van der Waals surface area contributed by atoms with Crippen molar-refractivity contribution < 1.29 is 9.90 Å². The minimum absolute atomic E-state index is 0.453. The molecule has 1 aliphatic heterocycles. The molecule has 1 atom stereocenters. The van der Waals surface area contributed by atoms with Gasteiger partial charge in [0.2, 0.25) is 0 Å². The largest absolute Gasteiger partial charge is 0.480 e. The van der Waals surface area contributed by atoms with E-state index in [1.807, 2.05) is 13.8 Å². The van der Waals surface area contributed by atoms with Crippen LogP contribution in [0.4, 0.5) is 5.69 Å². The number of fused-ring (bicyclic) bond motifs is 1. The Hall–Kier alpha value is -1.51. The third-order valence-electron chi connectivity index (χ3n) is 2.60. The molecule has 2 rings (SSSR count). The van der Waals surface area contributed by atoms with E-state index in [2.05, 4.69) is 17.4 Å². The molecule has 1 aromatic carbocycles. The van der Waals surface area contributed by atoms with E-state index >= 15 is 0 Å². The van der Waals surface area contributed by atoms with Crippen LogP contribution in [0, 0.1) is 13.8 Å². The number of carbonyl (C=O) groups is 1. The van der Waals surface area contributed by atoms with Crippen molar-refractivity contribution in [2.75, 3.05) is 5.32 Å². The quantitative estimate of drug-likeness (QED) is 0.710. The molecule has 1 aliphatic rings. The Kier molecular flexibility index (Phi) is 1.95. The van der Waals surface area contributed by atoms with E-state index in [4.69, 9.17) is 5.11 Å². The second kappa shape index (κ2) is 3.01. The highest BCUT2D eigenvalue weighted by Gasteiger charge is 2.27. The molecule has 2 N–H and O–H groups in total. The Balaban J connectivity index is 2.39. The monoisotopic (exact) mass is 191 g/mol. The molecule has 1 aromatic rings. The maximum absolute atomic E-state index is 10.8. The summed E-state index contributed by atoms with van der Waals surface area (Å²) < 4.78 is 0. The van der Waals surface area contributed by atoms with Crippen molar-refractivity contribution in [2.45, 2.75) is 26.3 Å². The van der Waals surface area contributed by atoms with Gasteiger partial charge in [0.25, 0.3) is 0 Å². The highest BCUT2D eigenvalue weighted by Crippen LogP contribution is 2.30. The lowest BCUT2D eigenvalue weighted by atomic mass is 10.0. The van der Waals surface area contributed by atoms with Crippen LogP contribution in [-0.4, -0.2) is 17.1 Å². The molecule has 0 unspecified atom stereocenters. The second-order valence-electron chi connectivity index (χ2n) is 3.86. The molecule has 0 bridgehead atoms. The fourth-order valence-corrected chi connectivity index (χ4v) is 2.02. The fourth-order valence-electron chi connectivity index (χ4n) is 2.02. The average molecular weight is 191 g/mol. The van der Waals surface area contributed by atoms with Crippen LogP contribution in [0.1, 0.15) is 16.7 Å². The van der Waals surface area contributed by atoms with Crippen molar-refractivity contribution in [2.24, 2.45) is 0 Å². The molecule has 14 heavy (non-hydrogen) atoms. The smallest absolute Gasteiger partial charge is 0.326 e. The van der Waals surface area contributed by atoms with Gasteiger partial charge in [-0.1, -0.05) is 17.7 Å². The minimum atomic E-state index is -0.779. The van der Waals surface area contributed by atoms with Gasteiger partial charge < -0.3 is 10.4 Å². The van der Waals surface area contributed by atoms with Crippen LogP contribution in [-0.2, 0) is 11.2 Å². The lowest BCUT2D eigenvalue weighted by Crippen LogP contribution is -2.26. The average Bonchev–Trinajstić information content (AvgIpc) is 2.47. The van der Waals surface area contributed by atoms with E-state index in [-0.39, 0.29) is 0 Å². The van der Waals surface area contributed by atoms with Gasteiger partial charge >= 0.3 is 5.97 Å². The number of aryl methyl sites for hydroxylation is 2. The van der Waals surface area contributed by atoms with Gasteiger partial charge in [0, 0.05) is 12.1 Å². The van der Waals surface area contributed by atoms with Gasteiger partial charge in [-0.3, -0.25) is 0 Å². The Bertz CT molecular complexity index is 399. The van der Waals surface area contributed by atoms with Gasteiger partial charge in [0.15, 0.2) is 0 Å². The maximum atomic E-state index is 10.8. The minimum Gasteiger partial charge on any atom is -0.480 e. The zero-order valence-electron chi connectivity index (χ0n) is 8.29. The predicted octanol–water partition coefficient (Wildman–Crippen LogP) is 1.72. The normalized spacial score (nSPS) is 18.9. The summed E-state index contributed by atoms with van der Waals surface area (Å²) in [6.07, 6.45) is 0.590. The number of rotatable bonds is 1. The highest BCUT2D eigenvalue weighted by molar-refractivity contribution is 5.82. The third kappa shape index (κ3) is 1.35. The van der Waals surface area contributed by atoms with Gasteiger partial charge in [-0.25, -0.2) is 4.79 Å². The summed E-state index contributed by atoms with van der Waals surface area (Å²) in [4.78, 5) is 10.8. The van der Waals surface area contributed by atoms with E-state index in [1.165, 1.54) is 5.56 Å².